The summed E-state index contributed by atoms with van der Waals surface area (Å²) in [5.41, 5.74) is 8.48. The highest BCUT2D eigenvalue weighted by atomic mass is 14.9. The van der Waals surface area contributed by atoms with Crippen molar-refractivity contribution >= 4 is 0 Å². The lowest BCUT2D eigenvalue weighted by atomic mass is 10.2. The van der Waals surface area contributed by atoms with E-state index in [0.717, 1.165) is 23.5 Å². The second kappa shape index (κ2) is 5.01. The standard InChI is InChI=1S/C13H16N4/c1-9(14)8-11-6-7-15-13(17-11)12-5-3-4-10(2)16-12/h3-7,9H,8,14H2,1-2H3. The van der Waals surface area contributed by atoms with Crippen LogP contribution >= 0.6 is 0 Å². The Balaban J connectivity index is 2.33. The molecule has 17 heavy (non-hydrogen) atoms. The van der Waals surface area contributed by atoms with Gasteiger partial charge in [0.05, 0.1) is 0 Å². The van der Waals surface area contributed by atoms with E-state index in [9.17, 15) is 0 Å². The minimum absolute atomic E-state index is 0.100. The molecule has 2 aromatic rings. The molecule has 1 unspecified atom stereocenters. The van der Waals surface area contributed by atoms with E-state index in [1.807, 2.05) is 38.1 Å². The van der Waals surface area contributed by atoms with Crippen molar-refractivity contribution in [1.82, 2.24) is 15.0 Å². The van der Waals surface area contributed by atoms with E-state index in [4.69, 9.17) is 5.73 Å². The topological polar surface area (TPSA) is 64.7 Å². The van der Waals surface area contributed by atoms with Gasteiger partial charge in [0, 0.05) is 30.0 Å². The van der Waals surface area contributed by atoms with Gasteiger partial charge in [0.1, 0.15) is 5.69 Å². The van der Waals surface area contributed by atoms with Gasteiger partial charge >= 0.3 is 0 Å². The number of nitrogens with two attached hydrogens (primary N) is 1. The Hall–Kier alpha value is -1.81. The van der Waals surface area contributed by atoms with Gasteiger partial charge < -0.3 is 5.73 Å². The third kappa shape index (κ3) is 3.07. The number of pyridine rings is 1. The molecule has 0 aliphatic carbocycles. The minimum Gasteiger partial charge on any atom is -0.328 e. The molecule has 0 fully saturated rings. The zero-order chi connectivity index (χ0) is 12.3. The molecule has 0 aliphatic heterocycles. The lowest BCUT2D eigenvalue weighted by Gasteiger charge is -2.06. The van der Waals surface area contributed by atoms with Gasteiger partial charge in [-0.25, -0.2) is 15.0 Å². The summed E-state index contributed by atoms with van der Waals surface area (Å²) in [6.07, 6.45) is 2.51. The van der Waals surface area contributed by atoms with Crippen LogP contribution < -0.4 is 5.73 Å². The van der Waals surface area contributed by atoms with Crippen LogP contribution in [0.5, 0.6) is 0 Å². The van der Waals surface area contributed by atoms with Crippen LogP contribution in [0.3, 0.4) is 0 Å². The van der Waals surface area contributed by atoms with E-state index in [2.05, 4.69) is 15.0 Å². The number of nitrogens with zero attached hydrogens (tertiary/aromatic N) is 3. The van der Waals surface area contributed by atoms with Crippen molar-refractivity contribution in [3.05, 3.63) is 41.9 Å². The van der Waals surface area contributed by atoms with Crippen LogP contribution in [0, 0.1) is 6.92 Å². The number of hydrogen-bond acceptors (Lipinski definition) is 4. The third-order valence-electron chi connectivity index (χ3n) is 2.36. The molecule has 0 amide bonds. The zero-order valence-corrected chi connectivity index (χ0v) is 10.1. The molecule has 0 aromatic carbocycles. The molecule has 2 heterocycles. The molecule has 0 aliphatic rings. The molecular weight excluding hydrogens is 212 g/mol. The lowest BCUT2D eigenvalue weighted by Crippen LogP contribution is -2.18. The maximum Gasteiger partial charge on any atom is 0.178 e. The van der Waals surface area contributed by atoms with Crippen molar-refractivity contribution in [3.8, 4) is 11.5 Å². The number of aromatic nitrogens is 3. The predicted octanol–water partition coefficient (Wildman–Crippen LogP) is 1.74. The van der Waals surface area contributed by atoms with E-state index >= 15 is 0 Å². The second-order valence-corrected chi connectivity index (χ2v) is 4.22. The van der Waals surface area contributed by atoms with Gasteiger partial charge in [-0.3, -0.25) is 0 Å². The van der Waals surface area contributed by atoms with Crippen LogP contribution in [0.15, 0.2) is 30.5 Å². The van der Waals surface area contributed by atoms with Gasteiger partial charge in [0.25, 0.3) is 0 Å². The Bertz CT molecular complexity index is 508. The van der Waals surface area contributed by atoms with Crippen molar-refractivity contribution < 1.29 is 0 Å². The molecule has 2 N–H and O–H groups in total. The summed E-state index contributed by atoms with van der Waals surface area (Å²) in [5, 5.41) is 0. The lowest BCUT2D eigenvalue weighted by molar-refractivity contribution is 0.720. The summed E-state index contributed by atoms with van der Waals surface area (Å²) >= 11 is 0. The highest BCUT2D eigenvalue weighted by Gasteiger charge is 2.05. The molecule has 0 spiro atoms. The maximum absolute atomic E-state index is 5.76. The van der Waals surface area contributed by atoms with E-state index in [1.165, 1.54) is 0 Å². The van der Waals surface area contributed by atoms with Crippen molar-refractivity contribution in [1.29, 1.82) is 0 Å². The largest absolute Gasteiger partial charge is 0.328 e. The summed E-state index contributed by atoms with van der Waals surface area (Å²) in [6, 6.07) is 7.82. The van der Waals surface area contributed by atoms with Gasteiger partial charge in [-0.2, -0.15) is 0 Å². The molecule has 0 radical (unpaired) electrons. The summed E-state index contributed by atoms with van der Waals surface area (Å²) in [5.74, 6) is 0.659. The average molecular weight is 228 g/mol. The average Bonchev–Trinajstić information content (AvgIpc) is 2.28. The summed E-state index contributed by atoms with van der Waals surface area (Å²) in [4.78, 5) is 13.1. The van der Waals surface area contributed by atoms with Gasteiger partial charge in [-0.15, -0.1) is 0 Å². The van der Waals surface area contributed by atoms with Crippen LogP contribution in [0.4, 0.5) is 0 Å². The SMILES string of the molecule is Cc1cccc(-c2nccc(CC(C)N)n2)n1. The quantitative estimate of drug-likeness (QED) is 0.869. The Morgan fingerprint density at radius 2 is 2.06 bits per heavy atom. The number of aryl methyl sites for hydroxylation is 1. The summed E-state index contributed by atoms with van der Waals surface area (Å²) in [7, 11) is 0. The zero-order valence-electron chi connectivity index (χ0n) is 10.1. The van der Waals surface area contributed by atoms with E-state index in [0.29, 0.717) is 5.82 Å². The molecule has 2 rings (SSSR count). The Labute approximate surface area is 101 Å². The van der Waals surface area contributed by atoms with E-state index < -0.39 is 0 Å². The Morgan fingerprint density at radius 3 is 2.76 bits per heavy atom. The van der Waals surface area contributed by atoms with Crippen LogP contribution in [0.2, 0.25) is 0 Å². The van der Waals surface area contributed by atoms with Gasteiger partial charge in [-0.1, -0.05) is 6.07 Å². The first kappa shape index (κ1) is 11.7. The Morgan fingerprint density at radius 1 is 1.24 bits per heavy atom. The summed E-state index contributed by atoms with van der Waals surface area (Å²) < 4.78 is 0. The molecule has 0 saturated heterocycles. The van der Waals surface area contributed by atoms with E-state index in [1.54, 1.807) is 6.20 Å². The third-order valence-corrected chi connectivity index (χ3v) is 2.36. The smallest absolute Gasteiger partial charge is 0.178 e. The molecule has 0 saturated carbocycles. The molecule has 2 aromatic heterocycles. The molecule has 4 nitrogen and oxygen atoms in total. The van der Waals surface area contributed by atoms with Crippen LogP contribution in [-0.4, -0.2) is 21.0 Å². The van der Waals surface area contributed by atoms with Crippen molar-refractivity contribution in [2.75, 3.05) is 0 Å². The van der Waals surface area contributed by atoms with Crippen LogP contribution in [0.1, 0.15) is 18.3 Å². The van der Waals surface area contributed by atoms with Crippen LogP contribution in [-0.2, 0) is 6.42 Å². The fourth-order valence-corrected chi connectivity index (χ4v) is 1.63. The molecule has 88 valence electrons. The highest BCUT2D eigenvalue weighted by Crippen LogP contribution is 2.12. The van der Waals surface area contributed by atoms with Gasteiger partial charge in [-0.05, 0) is 32.0 Å². The number of hydrogen-bond donors (Lipinski definition) is 1. The monoisotopic (exact) mass is 228 g/mol. The first-order chi connectivity index (χ1) is 8.15. The normalized spacial score (nSPS) is 12.4. The Kier molecular flexibility index (Phi) is 3.44. The second-order valence-electron chi connectivity index (χ2n) is 4.22. The van der Waals surface area contributed by atoms with Crippen LogP contribution in [0.25, 0.3) is 11.5 Å². The van der Waals surface area contributed by atoms with Crippen molar-refractivity contribution in [3.63, 3.8) is 0 Å². The first-order valence-electron chi connectivity index (χ1n) is 5.66. The fourth-order valence-electron chi connectivity index (χ4n) is 1.63. The molecule has 1 atom stereocenters. The fraction of sp³-hybridized carbons (Fsp3) is 0.308. The van der Waals surface area contributed by atoms with Crippen molar-refractivity contribution in [2.24, 2.45) is 5.73 Å². The maximum atomic E-state index is 5.76. The summed E-state index contributed by atoms with van der Waals surface area (Å²) in [6.45, 7) is 3.92. The van der Waals surface area contributed by atoms with E-state index in [-0.39, 0.29) is 6.04 Å². The molecule has 0 bridgehead atoms. The molecular formula is C13H16N4. The number of rotatable bonds is 3. The van der Waals surface area contributed by atoms with Crippen molar-refractivity contribution in [2.45, 2.75) is 26.3 Å². The van der Waals surface area contributed by atoms with Gasteiger partial charge in [0.2, 0.25) is 0 Å². The minimum atomic E-state index is 0.100. The predicted molar refractivity (Wildman–Crippen MR) is 67.4 cm³/mol. The highest BCUT2D eigenvalue weighted by molar-refractivity contribution is 5.48. The van der Waals surface area contributed by atoms with Gasteiger partial charge in [0.15, 0.2) is 5.82 Å². The molecule has 4 heteroatoms. The first-order valence-corrected chi connectivity index (χ1v) is 5.66.